The van der Waals surface area contributed by atoms with Crippen molar-refractivity contribution in [3.8, 4) is 0 Å². The van der Waals surface area contributed by atoms with Crippen molar-refractivity contribution < 1.29 is 14.7 Å². The van der Waals surface area contributed by atoms with Gasteiger partial charge in [-0.25, -0.2) is 4.79 Å². The van der Waals surface area contributed by atoms with Crippen molar-refractivity contribution in [2.24, 2.45) is 0 Å². The van der Waals surface area contributed by atoms with E-state index >= 15 is 0 Å². The van der Waals surface area contributed by atoms with Gasteiger partial charge in [0.05, 0.1) is 5.56 Å². The average Bonchev–Trinajstić information content (AvgIpc) is 2.45. The Labute approximate surface area is 111 Å². The Morgan fingerprint density at radius 2 is 1.95 bits per heavy atom. The normalized spacial score (nSPS) is 15.7. The Bertz CT molecular complexity index is 505. The lowest BCUT2D eigenvalue weighted by atomic mass is 10.1. The molecule has 0 spiro atoms. The van der Waals surface area contributed by atoms with E-state index in [1.165, 1.54) is 24.9 Å². The van der Waals surface area contributed by atoms with Gasteiger partial charge in [0.25, 0.3) is 5.91 Å². The van der Waals surface area contributed by atoms with Crippen LogP contribution in [-0.2, 0) is 4.79 Å². The van der Waals surface area contributed by atoms with Gasteiger partial charge >= 0.3 is 5.97 Å². The van der Waals surface area contributed by atoms with Crippen LogP contribution in [0.5, 0.6) is 0 Å². The van der Waals surface area contributed by atoms with Crippen LogP contribution in [0, 0.1) is 0 Å². The third-order valence-corrected chi connectivity index (χ3v) is 3.07. The van der Waals surface area contributed by atoms with Crippen LogP contribution < -0.4 is 0 Å². The monoisotopic (exact) mass is 260 g/mol. The van der Waals surface area contributed by atoms with Crippen molar-refractivity contribution in [2.45, 2.75) is 19.3 Å². The standard InChI is InChI=1S/C14H16N2O3/c17-13(18)5-4-11-8-12(10-15-9-11)14(19)16-6-2-1-3-7-16/h4-5,8-10H,1-3,6-7H2,(H,17,18)/b5-4+. The van der Waals surface area contributed by atoms with Crippen molar-refractivity contribution in [3.63, 3.8) is 0 Å². The van der Waals surface area contributed by atoms with E-state index in [1.54, 1.807) is 6.07 Å². The molecule has 19 heavy (non-hydrogen) atoms. The average molecular weight is 260 g/mol. The number of piperidine rings is 1. The van der Waals surface area contributed by atoms with Crippen molar-refractivity contribution in [3.05, 3.63) is 35.7 Å². The summed E-state index contributed by atoms with van der Waals surface area (Å²) in [4.78, 5) is 28.5. The van der Waals surface area contributed by atoms with Crippen LogP contribution in [0.4, 0.5) is 0 Å². The number of carbonyl (C=O) groups is 2. The minimum absolute atomic E-state index is 0.0298. The van der Waals surface area contributed by atoms with E-state index in [0.29, 0.717) is 11.1 Å². The summed E-state index contributed by atoms with van der Waals surface area (Å²) in [5.74, 6) is -1.05. The highest BCUT2D eigenvalue weighted by Gasteiger charge is 2.18. The fourth-order valence-electron chi connectivity index (χ4n) is 2.11. The molecule has 5 nitrogen and oxygen atoms in total. The lowest BCUT2D eigenvalue weighted by molar-refractivity contribution is -0.131. The molecule has 5 heteroatoms. The highest BCUT2D eigenvalue weighted by molar-refractivity contribution is 5.94. The quantitative estimate of drug-likeness (QED) is 0.841. The summed E-state index contributed by atoms with van der Waals surface area (Å²) in [5, 5.41) is 8.57. The van der Waals surface area contributed by atoms with Gasteiger partial charge in [-0.05, 0) is 37.0 Å². The number of nitrogens with zero attached hydrogens (tertiary/aromatic N) is 2. The van der Waals surface area contributed by atoms with Crippen LogP contribution in [0.3, 0.4) is 0 Å². The van der Waals surface area contributed by atoms with Gasteiger partial charge in [0.15, 0.2) is 0 Å². The highest BCUT2D eigenvalue weighted by atomic mass is 16.4. The molecular weight excluding hydrogens is 244 g/mol. The molecule has 2 rings (SSSR count). The Morgan fingerprint density at radius 3 is 2.63 bits per heavy atom. The number of aromatic nitrogens is 1. The molecule has 1 aliphatic rings. The van der Waals surface area contributed by atoms with Crippen LogP contribution >= 0.6 is 0 Å². The van der Waals surface area contributed by atoms with Crippen molar-refractivity contribution in [2.75, 3.05) is 13.1 Å². The Kier molecular flexibility index (Phi) is 4.28. The largest absolute Gasteiger partial charge is 0.478 e. The molecule has 0 radical (unpaired) electrons. The summed E-state index contributed by atoms with van der Waals surface area (Å²) in [5.41, 5.74) is 1.12. The minimum Gasteiger partial charge on any atom is -0.478 e. The van der Waals surface area contributed by atoms with Crippen LogP contribution in [0.1, 0.15) is 35.2 Å². The van der Waals surface area contributed by atoms with Crippen molar-refractivity contribution >= 4 is 18.0 Å². The number of aliphatic carboxylic acids is 1. The molecule has 0 aromatic carbocycles. The smallest absolute Gasteiger partial charge is 0.328 e. The SMILES string of the molecule is O=C(O)/C=C/c1cncc(C(=O)N2CCCCC2)c1. The Morgan fingerprint density at radius 1 is 1.21 bits per heavy atom. The first-order valence-corrected chi connectivity index (χ1v) is 6.32. The number of rotatable bonds is 3. The zero-order chi connectivity index (χ0) is 13.7. The molecule has 0 bridgehead atoms. The maximum Gasteiger partial charge on any atom is 0.328 e. The second-order valence-corrected chi connectivity index (χ2v) is 4.53. The molecule has 1 amide bonds. The van der Waals surface area contributed by atoms with Gasteiger partial charge in [0.1, 0.15) is 0 Å². The van der Waals surface area contributed by atoms with E-state index in [0.717, 1.165) is 32.0 Å². The zero-order valence-electron chi connectivity index (χ0n) is 10.6. The molecule has 0 unspecified atom stereocenters. The van der Waals surface area contributed by atoms with Crippen LogP contribution in [0.2, 0.25) is 0 Å². The summed E-state index contributed by atoms with van der Waals surface area (Å²) in [7, 11) is 0. The molecular formula is C14H16N2O3. The predicted molar refractivity (Wildman–Crippen MR) is 70.7 cm³/mol. The number of likely N-dealkylation sites (tertiary alicyclic amines) is 1. The number of carbonyl (C=O) groups excluding carboxylic acids is 1. The summed E-state index contributed by atoms with van der Waals surface area (Å²) < 4.78 is 0. The predicted octanol–water partition coefficient (Wildman–Crippen LogP) is 1.81. The second kappa shape index (κ2) is 6.13. The highest BCUT2D eigenvalue weighted by Crippen LogP contribution is 2.14. The van der Waals surface area contributed by atoms with Crippen LogP contribution in [0.15, 0.2) is 24.5 Å². The molecule has 0 aliphatic carbocycles. The third-order valence-electron chi connectivity index (χ3n) is 3.07. The number of hydrogen-bond acceptors (Lipinski definition) is 3. The van der Waals surface area contributed by atoms with Crippen molar-refractivity contribution in [1.29, 1.82) is 0 Å². The molecule has 2 heterocycles. The van der Waals surface area contributed by atoms with Gasteiger partial charge in [-0.2, -0.15) is 0 Å². The summed E-state index contributed by atoms with van der Waals surface area (Å²) in [6.45, 7) is 1.57. The minimum atomic E-state index is -1.02. The molecule has 0 atom stereocenters. The van der Waals surface area contributed by atoms with Gasteiger partial charge in [0, 0.05) is 31.6 Å². The molecule has 1 aromatic rings. The summed E-state index contributed by atoms with van der Waals surface area (Å²) >= 11 is 0. The maximum absolute atomic E-state index is 12.2. The molecule has 0 saturated carbocycles. The van der Waals surface area contributed by atoms with E-state index in [1.807, 2.05) is 4.90 Å². The van der Waals surface area contributed by atoms with E-state index in [-0.39, 0.29) is 5.91 Å². The molecule has 1 aliphatic heterocycles. The van der Waals surface area contributed by atoms with Gasteiger partial charge in [-0.15, -0.1) is 0 Å². The number of hydrogen-bond donors (Lipinski definition) is 1. The van der Waals surface area contributed by atoms with E-state index in [4.69, 9.17) is 5.11 Å². The molecule has 1 N–H and O–H groups in total. The Balaban J connectivity index is 2.13. The summed E-state index contributed by atoms with van der Waals surface area (Å²) in [6, 6.07) is 1.67. The topological polar surface area (TPSA) is 70.5 Å². The zero-order valence-corrected chi connectivity index (χ0v) is 10.6. The first-order chi connectivity index (χ1) is 9.16. The maximum atomic E-state index is 12.2. The van der Waals surface area contributed by atoms with Gasteiger partial charge < -0.3 is 10.0 Å². The molecule has 1 fully saturated rings. The lowest BCUT2D eigenvalue weighted by Crippen LogP contribution is -2.35. The first-order valence-electron chi connectivity index (χ1n) is 6.32. The van der Waals surface area contributed by atoms with E-state index in [2.05, 4.69) is 4.98 Å². The van der Waals surface area contributed by atoms with Crippen molar-refractivity contribution in [1.82, 2.24) is 9.88 Å². The third kappa shape index (κ3) is 3.64. The van der Waals surface area contributed by atoms with Crippen LogP contribution in [0.25, 0.3) is 6.08 Å². The van der Waals surface area contributed by atoms with E-state index < -0.39 is 5.97 Å². The van der Waals surface area contributed by atoms with Gasteiger partial charge in [-0.1, -0.05) is 0 Å². The fraction of sp³-hybridized carbons (Fsp3) is 0.357. The summed E-state index contributed by atoms with van der Waals surface area (Å²) in [6.07, 6.45) is 8.77. The Hall–Kier alpha value is -2.17. The molecule has 100 valence electrons. The van der Waals surface area contributed by atoms with E-state index in [9.17, 15) is 9.59 Å². The molecule has 1 saturated heterocycles. The number of carboxylic acid groups (broad SMARTS) is 1. The van der Waals surface area contributed by atoms with Crippen LogP contribution in [-0.4, -0.2) is 40.0 Å². The number of carboxylic acids is 1. The number of pyridine rings is 1. The first kappa shape index (κ1) is 13.3. The van der Waals surface area contributed by atoms with Gasteiger partial charge in [-0.3, -0.25) is 9.78 Å². The van der Waals surface area contributed by atoms with Gasteiger partial charge in [0.2, 0.25) is 0 Å². The number of amides is 1. The molecule has 1 aromatic heterocycles. The lowest BCUT2D eigenvalue weighted by Gasteiger charge is -2.26. The second-order valence-electron chi connectivity index (χ2n) is 4.53. The fourth-order valence-corrected chi connectivity index (χ4v) is 2.11.